The molecule has 1 nitrogen and oxygen atoms in total. The molecule has 0 bridgehead atoms. The van der Waals surface area contributed by atoms with E-state index in [-0.39, 0.29) is 6.10 Å². The van der Waals surface area contributed by atoms with Crippen molar-refractivity contribution in [3.63, 3.8) is 0 Å². The minimum Gasteiger partial charge on any atom is -0.389 e. The van der Waals surface area contributed by atoms with E-state index in [1.54, 1.807) is 6.92 Å². The maximum atomic E-state index is 9.41. The van der Waals surface area contributed by atoms with E-state index in [0.717, 1.165) is 5.56 Å². The highest BCUT2D eigenvalue weighted by Crippen LogP contribution is 2.27. The number of hydrogen-bond acceptors (Lipinski definition) is 1. The normalized spacial score (nSPS) is 18.4. The van der Waals surface area contributed by atoms with Crippen molar-refractivity contribution in [1.82, 2.24) is 0 Å². The lowest BCUT2D eigenvalue weighted by Crippen LogP contribution is -1.94. The first kappa shape index (κ1) is 10.4. The van der Waals surface area contributed by atoms with Gasteiger partial charge < -0.3 is 5.11 Å². The Morgan fingerprint density at radius 2 is 1.87 bits per heavy atom. The fourth-order valence-electron chi connectivity index (χ4n) is 2.08. The molecule has 0 aliphatic heterocycles. The first-order valence-electron chi connectivity index (χ1n) is 5.75. The van der Waals surface area contributed by atoms with Gasteiger partial charge in [-0.05, 0) is 49.3 Å². The lowest BCUT2D eigenvalue weighted by atomic mass is 9.93. The Balaban J connectivity index is 2.19. The van der Waals surface area contributed by atoms with Gasteiger partial charge in [0, 0.05) is 0 Å². The summed E-state index contributed by atoms with van der Waals surface area (Å²) in [5, 5.41) is 9.41. The molecule has 0 spiro atoms. The van der Waals surface area contributed by atoms with E-state index in [9.17, 15) is 5.11 Å². The molecule has 0 amide bonds. The van der Waals surface area contributed by atoms with Crippen molar-refractivity contribution < 1.29 is 5.11 Å². The monoisotopic (exact) mass is 202 g/mol. The van der Waals surface area contributed by atoms with E-state index in [0.29, 0.717) is 0 Å². The number of benzene rings is 1. The fraction of sp³-hybridized carbons (Fsp3) is 0.429. The number of aliphatic hydroxyl groups excluding tert-OH is 1. The van der Waals surface area contributed by atoms with Crippen LogP contribution in [0.3, 0.4) is 0 Å². The van der Waals surface area contributed by atoms with Crippen molar-refractivity contribution in [2.45, 2.75) is 38.7 Å². The molecule has 1 aliphatic carbocycles. The van der Waals surface area contributed by atoms with Gasteiger partial charge in [-0.1, -0.05) is 30.3 Å². The summed E-state index contributed by atoms with van der Waals surface area (Å²) in [4.78, 5) is 0. The molecule has 0 fully saturated rings. The molecule has 1 aromatic rings. The zero-order valence-electron chi connectivity index (χ0n) is 9.24. The van der Waals surface area contributed by atoms with Crippen LogP contribution in [-0.4, -0.2) is 5.11 Å². The van der Waals surface area contributed by atoms with E-state index in [1.165, 1.54) is 36.8 Å². The topological polar surface area (TPSA) is 20.2 Å². The second-order valence-corrected chi connectivity index (χ2v) is 4.27. The van der Waals surface area contributed by atoms with E-state index in [1.807, 2.05) is 12.1 Å². The molecule has 15 heavy (non-hydrogen) atoms. The molecule has 0 saturated carbocycles. The van der Waals surface area contributed by atoms with Gasteiger partial charge in [-0.3, -0.25) is 0 Å². The molecule has 80 valence electrons. The summed E-state index contributed by atoms with van der Waals surface area (Å²) >= 11 is 0. The molecule has 1 heteroatoms. The summed E-state index contributed by atoms with van der Waals surface area (Å²) in [5.74, 6) is 0. The van der Waals surface area contributed by atoms with E-state index >= 15 is 0 Å². The Bertz CT molecular complexity index is 346. The van der Waals surface area contributed by atoms with Crippen LogP contribution >= 0.6 is 0 Å². The molecule has 1 aromatic carbocycles. The Morgan fingerprint density at radius 1 is 1.13 bits per heavy atom. The summed E-state index contributed by atoms with van der Waals surface area (Å²) in [5.41, 5.74) is 3.78. The van der Waals surface area contributed by atoms with Crippen LogP contribution in [0.1, 0.15) is 49.8 Å². The molecular weight excluding hydrogens is 184 g/mol. The Kier molecular flexibility index (Phi) is 3.22. The van der Waals surface area contributed by atoms with Gasteiger partial charge in [0.2, 0.25) is 0 Å². The summed E-state index contributed by atoms with van der Waals surface area (Å²) in [6, 6.07) is 8.29. The minimum absolute atomic E-state index is 0.362. The van der Waals surface area contributed by atoms with E-state index < -0.39 is 0 Å². The second-order valence-electron chi connectivity index (χ2n) is 4.27. The van der Waals surface area contributed by atoms with Gasteiger partial charge in [0.15, 0.2) is 0 Å². The summed E-state index contributed by atoms with van der Waals surface area (Å²) in [6.07, 6.45) is 7.04. The van der Waals surface area contributed by atoms with Crippen LogP contribution in [0.2, 0.25) is 0 Å². The first-order valence-corrected chi connectivity index (χ1v) is 5.75. The highest BCUT2D eigenvalue weighted by Gasteiger charge is 2.06. The number of aliphatic hydroxyl groups is 1. The van der Waals surface area contributed by atoms with Gasteiger partial charge in [0.1, 0.15) is 0 Å². The van der Waals surface area contributed by atoms with E-state index in [4.69, 9.17) is 0 Å². The average Bonchev–Trinajstić information content (AvgIpc) is 2.30. The highest BCUT2D eigenvalue weighted by molar-refractivity contribution is 5.66. The summed E-state index contributed by atoms with van der Waals surface area (Å²) in [6.45, 7) is 1.80. The highest BCUT2D eigenvalue weighted by atomic mass is 16.3. The largest absolute Gasteiger partial charge is 0.389 e. The van der Waals surface area contributed by atoms with Crippen molar-refractivity contribution in [2.24, 2.45) is 0 Å². The van der Waals surface area contributed by atoms with Gasteiger partial charge in [-0.2, -0.15) is 0 Å². The zero-order chi connectivity index (χ0) is 10.7. The van der Waals surface area contributed by atoms with Crippen LogP contribution in [-0.2, 0) is 0 Å². The van der Waals surface area contributed by atoms with Crippen LogP contribution in [0, 0.1) is 0 Å². The van der Waals surface area contributed by atoms with Gasteiger partial charge in [0.25, 0.3) is 0 Å². The van der Waals surface area contributed by atoms with Crippen LogP contribution in [0.15, 0.2) is 30.3 Å². The standard InChI is InChI=1S/C14H18O/c1-11(15)12-7-9-14(10-8-12)13-5-3-2-4-6-13/h5,7-11,15H,2-4,6H2,1H3. The van der Waals surface area contributed by atoms with Crippen LogP contribution < -0.4 is 0 Å². The SMILES string of the molecule is CC(O)c1ccc(C2=CCCCC2)cc1. The Morgan fingerprint density at radius 3 is 2.40 bits per heavy atom. The van der Waals surface area contributed by atoms with Gasteiger partial charge >= 0.3 is 0 Å². The Hall–Kier alpha value is -1.08. The van der Waals surface area contributed by atoms with Gasteiger partial charge in [-0.15, -0.1) is 0 Å². The molecular formula is C14H18O. The number of rotatable bonds is 2. The average molecular weight is 202 g/mol. The van der Waals surface area contributed by atoms with Crippen LogP contribution in [0.5, 0.6) is 0 Å². The van der Waals surface area contributed by atoms with Crippen molar-refractivity contribution >= 4 is 5.57 Å². The molecule has 1 N–H and O–H groups in total. The van der Waals surface area contributed by atoms with Crippen molar-refractivity contribution in [3.05, 3.63) is 41.5 Å². The molecule has 0 saturated heterocycles. The molecule has 2 rings (SSSR count). The number of hydrogen-bond donors (Lipinski definition) is 1. The third kappa shape index (κ3) is 2.48. The molecule has 0 radical (unpaired) electrons. The fourth-order valence-corrected chi connectivity index (χ4v) is 2.08. The predicted octanol–water partition coefficient (Wildman–Crippen LogP) is 3.70. The Labute approximate surface area is 91.4 Å². The van der Waals surface area contributed by atoms with Crippen molar-refractivity contribution in [2.75, 3.05) is 0 Å². The number of allylic oxidation sites excluding steroid dienone is 2. The molecule has 1 unspecified atom stereocenters. The quantitative estimate of drug-likeness (QED) is 0.775. The first-order chi connectivity index (χ1) is 7.27. The predicted molar refractivity (Wildman–Crippen MR) is 63.5 cm³/mol. The zero-order valence-corrected chi connectivity index (χ0v) is 9.24. The smallest absolute Gasteiger partial charge is 0.0761 e. The molecule has 1 atom stereocenters. The summed E-state index contributed by atoms with van der Waals surface area (Å²) < 4.78 is 0. The second kappa shape index (κ2) is 4.63. The molecule has 0 aromatic heterocycles. The maximum Gasteiger partial charge on any atom is 0.0761 e. The maximum absolute atomic E-state index is 9.41. The van der Waals surface area contributed by atoms with E-state index in [2.05, 4.69) is 18.2 Å². The minimum atomic E-state index is -0.362. The summed E-state index contributed by atoms with van der Waals surface area (Å²) in [7, 11) is 0. The van der Waals surface area contributed by atoms with Crippen LogP contribution in [0.25, 0.3) is 5.57 Å². The van der Waals surface area contributed by atoms with Crippen LogP contribution in [0.4, 0.5) is 0 Å². The third-order valence-electron chi connectivity index (χ3n) is 3.05. The van der Waals surface area contributed by atoms with Crippen molar-refractivity contribution in [1.29, 1.82) is 0 Å². The third-order valence-corrected chi connectivity index (χ3v) is 3.05. The lowest BCUT2D eigenvalue weighted by Gasteiger charge is -2.13. The van der Waals surface area contributed by atoms with Gasteiger partial charge in [-0.25, -0.2) is 0 Å². The van der Waals surface area contributed by atoms with Crippen molar-refractivity contribution in [3.8, 4) is 0 Å². The molecule has 1 aliphatic rings. The van der Waals surface area contributed by atoms with Gasteiger partial charge in [0.05, 0.1) is 6.10 Å². The molecule has 0 heterocycles. The lowest BCUT2D eigenvalue weighted by molar-refractivity contribution is 0.199.